The highest BCUT2D eigenvalue weighted by molar-refractivity contribution is 7.16. The van der Waals surface area contributed by atoms with E-state index in [1.807, 2.05) is 18.7 Å². The Labute approximate surface area is 269 Å². The zero-order chi connectivity index (χ0) is 33.0. The van der Waals surface area contributed by atoms with Crippen molar-refractivity contribution < 1.29 is 31.5 Å². The zero-order valence-electron chi connectivity index (χ0n) is 26.2. The van der Waals surface area contributed by atoms with Gasteiger partial charge in [0.1, 0.15) is 5.82 Å². The van der Waals surface area contributed by atoms with Crippen LogP contribution in [-0.2, 0) is 22.3 Å². The van der Waals surface area contributed by atoms with Crippen molar-refractivity contribution in [3.05, 3.63) is 52.5 Å². The number of pyridine rings is 1. The number of esters is 1. The number of thiazole rings is 1. The lowest BCUT2D eigenvalue weighted by molar-refractivity contribution is -0.145. The van der Waals surface area contributed by atoms with E-state index in [0.29, 0.717) is 68.9 Å². The molecular formula is C32H39F5N6O2S. The molecule has 4 heterocycles. The SMILES string of the molecule is CC(C)COC(=O)CCN1CCN(c2ccnc(Nc3nc(-c4cc(F)cc(C(F)(F)F)c4)c(CN4CCC[C@H]4C)s3)c2F)CC1. The van der Waals surface area contributed by atoms with Crippen molar-refractivity contribution in [3.63, 3.8) is 0 Å². The summed E-state index contributed by atoms with van der Waals surface area (Å²) in [5.74, 6) is -1.61. The Kier molecular flexibility index (Phi) is 10.8. The average Bonchev–Trinajstić information content (AvgIpc) is 3.61. The fourth-order valence-corrected chi connectivity index (χ4v) is 6.71. The zero-order valence-corrected chi connectivity index (χ0v) is 27.0. The van der Waals surface area contributed by atoms with E-state index in [1.54, 1.807) is 6.07 Å². The van der Waals surface area contributed by atoms with Gasteiger partial charge < -0.3 is 15.0 Å². The molecule has 2 aliphatic rings. The summed E-state index contributed by atoms with van der Waals surface area (Å²) in [6.07, 6.45) is -0.943. The maximum Gasteiger partial charge on any atom is 0.416 e. The molecule has 0 amide bonds. The standard InChI is InChI=1S/C32H39F5N6O2S/c1-20(2)19-45-27(44)7-10-41-11-13-42(14-12-41)25-6-8-38-30(28(25)34)40-31-39-29(26(46-31)18-43-9-4-5-21(43)3)22-15-23(32(35,36)37)17-24(33)16-22/h6,8,15-17,20-21H,4-5,7,9-14,18-19H2,1-3H3,(H,38,39,40)/t21-/m1/s1. The van der Waals surface area contributed by atoms with Crippen LogP contribution in [0.5, 0.6) is 0 Å². The fraction of sp³-hybridized carbons (Fsp3) is 0.531. The number of rotatable bonds is 11. The summed E-state index contributed by atoms with van der Waals surface area (Å²) in [6, 6.07) is 4.27. The van der Waals surface area contributed by atoms with Gasteiger partial charge in [-0.15, -0.1) is 0 Å². The van der Waals surface area contributed by atoms with Crippen LogP contribution in [0.3, 0.4) is 0 Å². The predicted molar refractivity (Wildman–Crippen MR) is 168 cm³/mol. The third-order valence-corrected chi connectivity index (χ3v) is 9.21. The van der Waals surface area contributed by atoms with E-state index < -0.39 is 23.4 Å². The van der Waals surface area contributed by atoms with Gasteiger partial charge in [-0.1, -0.05) is 25.2 Å². The number of benzene rings is 1. The number of piperazine rings is 1. The monoisotopic (exact) mass is 666 g/mol. The fourth-order valence-electron chi connectivity index (χ4n) is 5.70. The van der Waals surface area contributed by atoms with E-state index in [4.69, 9.17) is 4.74 Å². The molecule has 2 fully saturated rings. The first-order valence-corrected chi connectivity index (χ1v) is 16.4. The first-order valence-electron chi connectivity index (χ1n) is 15.5. The van der Waals surface area contributed by atoms with Gasteiger partial charge in [0.25, 0.3) is 0 Å². The number of ether oxygens (including phenoxy) is 1. The topological polar surface area (TPSA) is 73.8 Å². The minimum atomic E-state index is -4.73. The highest BCUT2D eigenvalue weighted by Crippen LogP contribution is 2.39. The molecular weight excluding hydrogens is 627 g/mol. The van der Waals surface area contributed by atoms with Crippen molar-refractivity contribution in [1.29, 1.82) is 0 Å². The molecule has 0 unspecified atom stereocenters. The molecule has 250 valence electrons. The van der Waals surface area contributed by atoms with Crippen LogP contribution in [0.4, 0.5) is 38.6 Å². The lowest BCUT2D eigenvalue weighted by Gasteiger charge is -2.36. The van der Waals surface area contributed by atoms with Crippen molar-refractivity contribution >= 4 is 33.9 Å². The molecule has 2 aliphatic heterocycles. The quantitative estimate of drug-likeness (QED) is 0.174. The second-order valence-corrected chi connectivity index (χ2v) is 13.3. The van der Waals surface area contributed by atoms with E-state index in [-0.39, 0.29) is 40.1 Å². The van der Waals surface area contributed by atoms with E-state index in [0.717, 1.165) is 31.5 Å². The number of hydrogen-bond acceptors (Lipinski definition) is 9. The van der Waals surface area contributed by atoms with Crippen LogP contribution < -0.4 is 10.2 Å². The molecule has 0 radical (unpaired) electrons. The molecule has 8 nitrogen and oxygen atoms in total. The summed E-state index contributed by atoms with van der Waals surface area (Å²) in [6.45, 7) is 10.6. The molecule has 0 spiro atoms. The van der Waals surface area contributed by atoms with Crippen molar-refractivity contribution in [2.45, 2.75) is 58.8 Å². The summed E-state index contributed by atoms with van der Waals surface area (Å²) in [4.78, 5) is 27.6. The molecule has 5 rings (SSSR count). The number of nitrogens with one attached hydrogen (secondary N) is 1. The van der Waals surface area contributed by atoms with E-state index in [2.05, 4.69) is 32.0 Å². The number of hydrogen-bond donors (Lipinski definition) is 1. The number of aromatic nitrogens is 2. The second-order valence-electron chi connectivity index (χ2n) is 12.3. The normalized spacial score (nSPS) is 18.0. The number of carbonyl (C=O) groups is 1. The second kappa shape index (κ2) is 14.6. The predicted octanol–water partition coefficient (Wildman–Crippen LogP) is 6.94. The molecule has 46 heavy (non-hydrogen) atoms. The van der Waals surface area contributed by atoms with Crippen molar-refractivity contribution in [3.8, 4) is 11.3 Å². The van der Waals surface area contributed by atoms with Crippen LogP contribution in [0.2, 0.25) is 0 Å². The third kappa shape index (κ3) is 8.51. The van der Waals surface area contributed by atoms with Gasteiger partial charge in [-0.2, -0.15) is 13.2 Å². The Balaban J connectivity index is 1.32. The van der Waals surface area contributed by atoms with Crippen molar-refractivity contribution in [1.82, 2.24) is 19.8 Å². The number of halogens is 5. The number of nitrogens with zero attached hydrogens (tertiary/aromatic N) is 5. The van der Waals surface area contributed by atoms with Crippen LogP contribution >= 0.6 is 11.3 Å². The minimum Gasteiger partial charge on any atom is -0.465 e. The van der Waals surface area contributed by atoms with Crippen LogP contribution in [0.1, 0.15) is 50.5 Å². The van der Waals surface area contributed by atoms with Crippen LogP contribution in [0.15, 0.2) is 30.5 Å². The maximum absolute atomic E-state index is 15.8. The van der Waals surface area contributed by atoms with Gasteiger partial charge in [-0.25, -0.2) is 18.7 Å². The van der Waals surface area contributed by atoms with E-state index >= 15 is 4.39 Å². The number of anilines is 3. The third-order valence-electron chi connectivity index (χ3n) is 8.25. The molecule has 1 aromatic carbocycles. The number of likely N-dealkylation sites (tertiary alicyclic amines) is 1. The Morgan fingerprint density at radius 1 is 1.13 bits per heavy atom. The number of carbonyl (C=O) groups excluding carboxylic acids is 1. The van der Waals surface area contributed by atoms with Gasteiger partial charge in [0, 0.05) is 61.9 Å². The summed E-state index contributed by atoms with van der Waals surface area (Å²) in [7, 11) is 0. The molecule has 14 heteroatoms. The highest BCUT2D eigenvalue weighted by atomic mass is 32.1. The molecule has 1 atom stereocenters. The Hall–Kier alpha value is -3.36. The molecule has 0 bridgehead atoms. The van der Waals surface area contributed by atoms with Gasteiger partial charge in [-0.3, -0.25) is 14.6 Å². The largest absolute Gasteiger partial charge is 0.465 e. The molecule has 0 saturated carbocycles. The number of alkyl halides is 3. The first kappa shape index (κ1) is 34.0. The highest BCUT2D eigenvalue weighted by Gasteiger charge is 2.32. The van der Waals surface area contributed by atoms with Gasteiger partial charge >= 0.3 is 12.1 Å². The van der Waals surface area contributed by atoms with E-state index in [1.165, 1.54) is 17.5 Å². The summed E-state index contributed by atoms with van der Waals surface area (Å²) in [5.41, 5.74) is -0.516. The Morgan fingerprint density at radius 2 is 1.89 bits per heavy atom. The molecule has 2 aromatic heterocycles. The van der Waals surface area contributed by atoms with Gasteiger partial charge in [0.05, 0.1) is 30.0 Å². The summed E-state index contributed by atoms with van der Waals surface area (Å²) < 4.78 is 76.1. The Bertz CT molecular complexity index is 1510. The van der Waals surface area contributed by atoms with Crippen LogP contribution in [0.25, 0.3) is 11.3 Å². The molecule has 1 N–H and O–H groups in total. The molecule has 3 aromatic rings. The molecule has 2 saturated heterocycles. The lowest BCUT2D eigenvalue weighted by atomic mass is 10.1. The minimum absolute atomic E-state index is 0.00621. The van der Waals surface area contributed by atoms with Crippen molar-refractivity contribution in [2.24, 2.45) is 5.92 Å². The maximum atomic E-state index is 15.8. The average molecular weight is 667 g/mol. The summed E-state index contributed by atoms with van der Waals surface area (Å²) in [5, 5.41) is 3.18. The van der Waals surface area contributed by atoms with Crippen LogP contribution in [-0.4, -0.2) is 77.7 Å². The van der Waals surface area contributed by atoms with Crippen molar-refractivity contribution in [2.75, 3.05) is 56.1 Å². The lowest BCUT2D eigenvalue weighted by Crippen LogP contribution is -2.47. The Morgan fingerprint density at radius 3 is 2.57 bits per heavy atom. The van der Waals surface area contributed by atoms with E-state index in [9.17, 15) is 22.4 Å². The summed E-state index contributed by atoms with van der Waals surface area (Å²) >= 11 is 1.19. The van der Waals surface area contributed by atoms with Crippen LogP contribution in [0, 0.1) is 17.6 Å². The van der Waals surface area contributed by atoms with Gasteiger partial charge in [0.15, 0.2) is 16.8 Å². The van der Waals surface area contributed by atoms with Gasteiger partial charge in [0.2, 0.25) is 0 Å². The molecule has 0 aliphatic carbocycles. The first-order chi connectivity index (χ1) is 21.9. The smallest absolute Gasteiger partial charge is 0.416 e. The van der Waals surface area contributed by atoms with Gasteiger partial charge in [-0.05, 0) is 56.5 Å².